The van der Waals surface area contributed by atoms with Gasteiger partial charge in [0.2, 0.25) is 5.71 Å². The number of furan rings is 1. The van der Waals surface area contributed by atoms with Crippen LogP contribution in [0.1, 0.15) is 52.8 Å². The second kappa shape index (κ2) is 8.47. The third kappa shape index (κ3) is 4.68. The molecule has 166 valence electrons. The van der Waals surface area contributed by atoms with Crippen molar-refractivity contribution in [2.24, 2.45) is 5.41 Å². The Morgan fingerprint density at radius 1 is 0.909 bits per heavy atom. The molecule has 2 aromatic carbocycles. The summed E-state index contributed by atoms with van der Waals surface area (Å²) < 4.78 is 63.7. The average Bonchev–Trinajstić information content (AvgIpc) is 3.26. The van der Waals surface area contributed by atoms with E-state index in [2.05, 4.69) is 9.97 Å². The van der Waals surface area contributed by atoms with Crippen LogP contribution >= 0.6 is 0 Å². The fourth-order valence-electron chi connectivity index (χ4n) is 3.91. The first-order valence-corrected chi connectivity index (χ1v) is 11.0. The first kappa shape index (κ1) is 14.6. The molecule has 3 nitrogen and oxygen atoms in total. The lowest BCUT2D eigenvalue weighted by Gasteiger charge is -2.18. The van der Waals surface area contributed by atoms with E-state index in [-0.39, 0.29) is 17.8 Å². The topological polar surface area (TPSA) is 38.9 Å². The minimum absolute atomic E-state index is 0.0449. The second-order valence-electron chi connectivity index (χ2n) is 9.19. The van der Waals surface area contributed by atoms with Crippen LogP contribution in [0.15, 0.2) is 77.3 Å². The number of benzene rings is 2. The van der Waals surface area contributed by atoms with Crippen molar-refractivity contribution in [3.8, 4) is 11.3 Å². The van der Waals surface area contributed by atoms with Crippen molar-refractivity contribution in [1.82, 2.24) is 9.97 Å². The van der Waals surface area contributed by atoms with Crippen molar-refractivity contribution in [2.75, 3.05) is 0 Å². The molecule has 0 saturated carbocycles. The van der Waals surface area contributed by atoms with Crippen LogP contribution in [0.2, 0.25) is 0 Å². The Labute approximate surface area is 205 Å². The molecule has 3 heterocycles. The maximum absolute atomic E-state index is 8.85. The molecule has 0 aliphatic heterocycles. The molecule has 0 saturated heterocycles. The number of pyridine rings is 2. The first-order valence-electron chi connectivity index (χ1n) is 14.5. The first-order chi connectivity index (χ1) is 18.6. The molecule has 0 unspecified atom stereocenters. The maximum atomic E-state index is 8.85. The standard InChI is InChI=1S/C30H30N2O/c1-20-8-15-25-24-6-5-7-26(28(24)33-29(25)32-20)27-18-22(16-17-31-27)12-9-21-10-13-23(14-11-21)19-30(2,3)4/h5-8,10-11,13-18H,9,12,19H2,1-4H3/i1D3,12D2,19D2. The van der Waals surface area contributed by atoms with Gasteiger partial charge in [-0.15, -0.1) is 0 Å². The fraction of sp³-hybridized carbons (Fsp3) is 0.267. The maximum Gasteiger partial charge on any atom is 0.227 e. The number of hydrogen-bond acceptors (Lipinski definition) is 3. The highest BCUT2D eigenvalue weighted by Crippen LogP contribution is 2.34. The Bertz CT molecular complexity index is 1700. The van der Waals surface area contributed by atoms with Gasteiger partial charge in [0, 0.05) is 37.8 Å². The number of aromatic nitrogens is 2. The molecular weight excluding hydrogens is 404 g/mol. The summed E-state index contributed by atoms with van der Waals surface area (Å²) in [5.41, 5.74) is 3.05. The quantitative estimate of drug-likeness (QED) is 0.280. The molecule has 0 amide bonds. The van der Waals surface area contributed by atoms with Crippen LogP contribution in [0.25, 0.3) is 33.3 Å². The van der Waals surface area contributed by atoms with Crippen molar-refractivity contribution >= 4 is 22.1 Å². The summed E-state index contributed by atoms with van der Waals surface area (Å²) in [6.07, 6.45) is -1.58. The minimum atomic E-state index is -2.35. The smallest absolute Gasteiger partial charge is 0.227 e. The summed E-state index contributed by atoms with van der Waals surface area (Å²) >= 11 is 0. The van der Waals surface area contributed by atoms with Gasteiger partial charge >= 0.3 is 0 Å². The Morgan fingerprint density at radius 3 is 2.52 bits per heavy atom. The Hall–Kier alpha value is -3.46. The molecule has 0 fully saturated rings. The van der Waals surface area contributed by atoms with Crippen LogP contribution in [0.5, 0.6) is 0 Å². The van der Waals surface area contributed by atoms with Crippen LogP contribution in [-0.4, -0.2) is 9.97 Å². The summed E-state index contributed by atoms with van der Waals surface area (Å²) in [5.74, 6) is 0. The van der Waals surface area contributed by atoms with Gasteiger partial charge in [-0.25, -0.2) is 4.98 Å². The lowest BCUT2D eigenvalue weighted by Crippen LogP contribution is -2.09. The third-order valence-electron chi connectivity index (χ3n) is 5.37. The molecule has 5 aromatic rings. The van der Waals surface area contributed by atoms with Crippen molar-refractivity contribution in [3.05, 3.63) is 95.3 Å². The molecule has 0 radical (unpaired) electrons. The van der Waals surface area contributed by atoms with E-state index < -0.39 is 25.0 Å². The summed E-state index contributed by atoms with van der Waals surface area (Å²) in [5, 5.41) is 1.46. The number of nitrogens with zero attached hydrogens (tertiary/aromatic N) is 2. The van der Waals surface area contributed by atoms with Crippen LogP contribution < -0.4 is 0 Å². The Kier molecular flexibility index (Phi) is 3.76. The minimum Gasteiger partial charge on any atom is -0.437 e. The molecule has 3 heteroatoms. The van der Waals surface area contributed by atoms with E-state index in [0.29, 0.717) is 33.4 Å². The molecule has 0 bridgehead atoms. The Morgan fingerprint density at radius 2 is 1.73 bits per heavy atom. The van der Waals surface area contributed by atoms with Gasteiger partial charge in [-0.2, -0.15) is 0 Å². The van der Waals surface area contributed by atoms with E-state index in [1.165, 1.54) is 6.07 Å². The number of rotatable bonds is 5. The Balaban J connectivity index is 1.48. The van der Waals surface area contributed by atoms with E-state index in [9.17, 15) is 0 Å². The highest BCUT2D eigenvalue weighted by atomic mass is 16.3. The van der Waals surface area contributed by atoms with Crippen molar-refractivity contribution in [2.45, 2.75) is 46.8 Å². The predicted octanol–water partition coefficient (Wildman–Crippen LogP) is 7.73. The van der Waals surface area contributed by atoms with Crippen LogP contribution in [0.3, 0.4) is 0 Å². The van der Waals surface area contributed by atoms with Crippen LogP contribution in [0.4, 0.5) is 0 Å². The summed E-state index contributed by atoms with van der Waals surface area (Å²) in [6.45, 7) is 3.22. The highest BCUT2D eigenvalue weighted by molar-refractivity contribution is 6.08. The normalized spacial score (nSPS) is 16.4. The number of para-hydroxylation sites is 1. The number of aryl methyl sites for hydroxylation is 3. The van der Waals surface area contributed by atoms with Crippen LogP contribution in [0, 0.1) is 12.3 Å². The zero-order chi connectivity index (χ0) is 29.1. The molecule has 0 aliphatic rings. The molecule has 0 spiro atoms. The molecule has 5 rings (SSSR count). The van der Waals surface area contributed by atoms with E-state index in [0.717, 1.165) is 10.9 Å². The summed E-state index contributed by atoms with van der Waals surface area (Å²) in [7, 11) is 0. The predicted molar refractivity (Wildman–Crippen MR) is 136 cm³/mol. The largest absolute Gasteiger partial charge is 0.437 e. The van der Waals surface area contributed by atoms with Gasteiger partial charge in [-0.1, -0.05) is 57.2 Å². The van der Waals surface area contributed by atoms with Crippen LogP contribution in [-0.2, 0) is 19.2 Å². The van der Waals surface area contributed by atoms with Crippen molar-refractivity contribution in [1.29, 1.82) is 0 Å². The lowest BCUT2D eigenvalue weighted by molar-refractivity contribution is 0.411. The molecule has 3 aromatic heterocycles. The van der Waals surface area contributed by atoms with Gasteiger partial charge in [0.05, 0.1) is 5.69 Å². The third-order valence-corrected chi connectivity index (χ3v) is 5.37. The summed E-state index contributed by atoms with van der Waals surface area (Å²) in [4.78, 5) is 8.71. The molecule has 0 aliphatic carbocycles. The molecule has 33 heavy (non-hydrogen) atoms. The van der Waals surface area contributed by atoms with Gasteiger partial charge in [0.1, 0.15) is 5.58 Å². The monoisotopic (exact) mass is 441 g/mol. The average molecular weight is 442 g/mol. The van der Waals surface area contributed by atoms with Gasteiger partial charge in [0.25, 0.3) is 0 Å². The van der Waals surface area contributed by atoms with Gasteiger partial charge < -0.3 is 4.42 Å². The van der Waals surface area contributed by atoms with E-state index in [1.807, 2.05) is 39.0 Å². The SMILES string of the molecule is [2H]C([2H])([2H])c1ccc2c(n1)oc1c(-c3cc(C([2H])([2H])Cc4ccc(C([2H])([2H])C(C)(C)C)cc4)ccn3)cccc12. The van der Waals surface area contributed by atoms with Crippen molar-refractivity contribution < 1.29 is 14.0 Å². The summed E-state index contributed by atoms with van der Waals surface area (Å²) in [6, 6.07) is 19.1. The lowest BCUT2D eigenvalue weighted by atomic mass is 9.88. The van der Waals surface area contributed by atoms with Gasteiger partial charge in [-0.3, -0.25) is 4.98 Å². The molecule has 0 atom stereocenters. The zero-order valence-electron chi connectivity index (χ0n) is 25.9. The number of fused-ring (bicyclic) bond motifs is 3. The second-order valence-corrected chi connectivity index (χ2v) is 9.19. The number of hydrogen-bond donors (Lipinski definition) is 0. The molecular formula is C30H30N2O. The van der Waals surface area contributed by atoms with E-state index >= 15 is 0 Å². The fourth-order valence-corrected chi connectivity index (χ4v) is 3.91. The van der Waals surface area contributed by atoms with E-state index in [1.54, 1.807) is 48.7 Å². The zero-order valence-corrected chi connectivity index (χ0v) is 18.9. The van der Waals surface area contributed by atoms with Gasteiger partial charge in [0.15, 0.2) is 0 Å². The van der Waals surface area contributed by atoms with E-state index in [4.69, 9.17) is 14.0 Å². The highest BCUT2D eigenvalue weighted by Gasteiger charge is 2.14. The van der Waals surface area contributed by atoms with Gasteiger partial charge in [-0.05, 0) is 78.5 Å². The molecule has 0 N–H and O–H groups in total. The van der Waals surface area contributed by atoms with Crippen molar-refractivity contribution in [3.63, 3.8) is 0 Å².